The van der Waals surface area contributed by atoms with Crippen molar-refractivity contribution >= 4 is 63.2 Å². The summed E-state index contributed by atoms with van der Waals surface area (Å²) in [6.07, 6.45) is 1.07. The molecule has 48 heavy (non-hydrogen) atoms. The quantitative estimate of drug-likeness (QED) is 0.0488. The number of rotatable bonds is 13. The number of primary amides is 1. The Morgan fingerprint density at radius 1 is 1.23 bits per heavy atom. The summed E-state index contributed by atoms with van der Waals surface area (Å²) in [5.74, 6) is -5.60. The zero-order chi connectivity index (χ0) is 34.6. The summed E-state index contributed by atoms with van der Waals surface area (Å²) in [6, 6.07) is 0.803. The molecule has 4 amide bonds. The molecule has 3 heterocycles. The first-order chi connectivity index (χ1) is 22.1. The van der Waals surface area contributed by atoms with E-state index in [0.717, 1.165) is 29.8 Å². The van der Waals surface area contributed by atoms with E-state index in [2.05, 4.69) is 20.6 Å². The van der Waals surface area contributed by atoms with Gasteiger partial charge in [0.05, 0.1) is 23.6 Å². The molecule has 4 rings (SSSR count). The van der Waals surface area contributed by atoms with Crippen molar-refractivity contribution in [1.82, 2.24) is 20.2 Å². The summed E-state index contributed by atoms with van der Waals surface area (Å²) in [5, 5.41) is 41.8. The summed E-state index contributed by atoms with van der Waals surface area (Å²) in [5.41, 5.74) is 4.95. The topological polar surface area (TPSA) is 301 Å². The predicted octanol–water partition coefficient (Wildman–Crippen LogP) is -5.42. The number of hydrogen-bond donors (Lipinski definition) is 6. The summed E-state index contributed by atoms with van der Waals surface area (Å²) >= 11 is 1.09. The standard InChI is InChI=1S/C26H30N8O11S2.Na/c1-12(35)45-10-14-11-46-23-17(22(39)34(23)19(14)24(40)41)31-21(38)18(13-3-5-15(36)6-4-13)33(25(27)42)16-9-30-26(32-20(16)37)29-7-2-8-47(28,43)44;/h3-6,9,17-18,23,36H,2,7-8,10-11H2,1H3,(H2,27,42)(H,31,38)(H,40,41)(H2,28,43,44)(H2,29,30,32,37);/q;+1/p-1/t17?,18?,23-;/m0./s1. The van der Waals surface area contributed by atoms with Crippen LogP contribution in [0, 0.1) is 0 Å². The molecule has 8 N–H and O–H groups in total. The van der Waals surface area contributed by atoms with E-state index in [9.17, 15) is 47.7 Å². The molecule has 2 aromatic rings. The number of aromatic hydroxyl groups is 2. The van der Waals surface area contributed by atoms with Crippen LogP contribution < -0.4 is 61.1 Å². The molecule has 0 bridgehead atoms. The van der Waals surface area contributed by atoms with Crippen LogP contribution in [0.15, 0.2) is 41.7 Å². The minimum atomic E-state index is -3.71. The number of carboxylic acids is 1. The molecular formula is C26H29N8NaO11S2. The number of urea groups is 1. The number of carboxylic acid groups (broad SMARTS) is 1. The van der Waals surface area contributed by atoms with Crippen molar-refractivity contribution in [1.29, 1.82) is 0 Å². The Labute approximate surface area is 299 Å². The van der Waals surface area contributed by atoms with Crippen molar-refractivity contribution in [2.24, 2.45) is 10.9 Å². The molecule has 2 unspecified atom stereocenters. The fourth-order valence-corrected chi connectivity index (χ4v) is 6.63. The number of hydrogen-bond acceptors (Lipinski definition) is 15. The van der Waals surface area contributed by atoms with E-state index in [-0.39, 0.29) is 83.5 Å². The van der Waals surface area contributed by atoms with Gasteiger partial charge in [0.25, 0.3) is 5.91 Å². The fourth-order valence-electron chi connectivity index (χ4n) is 4.76. The van der Waals surface area contributed by atoms with Gasteiger partial charge in [0, 0.05) is 24.8 Å². The van der Waals surface area contributed by atoms with Crippen LogP contribution in [-0.2, 0) is 33.9 Å². The number of carbonyl (C=O) groups excluding carboxylic acids is 5. The van der Waals surface area contributed by atoms with Crippen LogP contribution in [0.1, 0.15) is 24.9 Å². The van der Waals surface area contributed by atoms with Gasteiger partial charge < -0.3 is 41.2 Å². The first kappa shape index (κ1) is 38.3. The van der Waals surface area contributed by atoms with Crippen molar-refractivity contribution < 1.29 is 82.0 Å². The van der Waals surface area contributed by atoms with E-state index in [0.29, 0.717) is 4.90 Å². The zero-order valence-corrected chi connectivity index (χ0v) is 29.1. The van der Waals surface area contributed by atoms with Crippen LogP contribution in [-0.4, -0.2) is 99.4 Å². The van der Waals surface area contributed by atoms with Crippen LogP contribution in [0.4, 0.5) is 16.4 Å². The van der Waals surface area contributed by atoms with Gasteiger partial charge in [0.15, 0.2) is 0 Å². The largest absolute Gasteiger partial charge is 1.00 e. The number of phenolic OH excluding ortho intramolecular Hbond substituents is 1. The normalized spacial score (nSPS) is 17.6. The molecule has 0 aliphatic carbocycles. The fraction of sp³-hybridized carbons (Fsp3) is 0.346. The number of amides is 4. The molecule has 252 valence electrons. The summed E-state index contributed by atoms with van der Waals surface area (Å²) in [7, 11) is -3.71. The number of β-lactam (4-membered cyclic amide) rings is 1. The second-order valence-corrected chi connectivity index (χ2v) is 13.0. The Morgan fingerprint density at radius 2 is 1.90 bits per heavy atom. The van der Waals surface area contributed by atoms with Crippen molar-refractivity contribution in [3.05, 3.63) is 47.3 Å². The SMILES string of the molecule is CC(=O)OCC1=C(C(=O)[O-])N2C(=O)C(NC(=O)C(c3ccc(O)cc3)N(C(N)=O)c3cnc(NCCCS(N)(=O)=O)nc3O)[C@@H]2SC1.[Na+]. The number of fused-ring (bicyclic) bond motifs is 1. The zero-order valence-electron chi connectivity index (χ0n) is 25.5. The molecule has 1 fully saturated rings. The number of aromatic nitrogens is 2. The second-order valence-electron chi connectivity index (χ2n) is 10.2. The minimum absolute atomic E-state index is 0. The molecule has 1 aromatic heterocycles. The van der Waals surface area contributed by atoms with Gasteiger partial charge in [-0.15, -0.1) is 11.8 Å². The number of phenols is 1. The number of nitrogens with one attached hydrogen (secondary N) is 2. The molecule has 19 nitrogen and oxygen atoms in total. The molecule has 2 aliphatic rings. The number of primary sulfonamides is 1. The maximum atomic E-state index is 13.9. The van der Waals surface area contributed by atoms with Gasteiger partial charge in [0.2, 0.25) is 27.8 Å². The predicted molar refractivity (Wildman–Crippen MR) is 161 cm³/mol. The number of benzene rings is 1. The summed E-state index contributed by atoms with van der Waals surface area (Å²) in [6.45, 7) is 0.806. The Hall–Kier alpha value is -4.15. The first-order valence-corrected chi connectivity index (χ1v) is 16.3. The number of sulfonamides is 1. The van der Waals surface area contributed by atoms with E-state index in [1.807, 2.05) is 0 Å². The van der Waals surface area contributed by atoms with Crippen molar-refractivity contribution in [2.75, 3.05) is 34.9 Å². The third kappa shape index (κ3) is 8.85. The smallest absolute Gasteiger partial charge is 0.543 e. The van der Waals surface area contributed by atoms with Crippen LogP contribution >= 0.6 is 11.8 Å². The van der Waals surface area contributed by atoms with E-state index < -0.39 is 74.5 Å². The molecule has 2 aliphatic heterocycles. The third-order valence-corrected chi connectivity index (χ3v) is 9.04. The molecule has 0 spiro atoms. The number of nitrogens with two attached hydrogens (primary N) is 2. The first-order valence-electron chi connectivity index (χ1n) is 13.6. The maximum Gasteiger partial charge on any atom is 1.00 e. The number of aliphatic carboxylic acids is 1. The Bertz CT molecular complexity index is 1740. The van der Waals surface area contributed by atoms with Crippen LogP contribution in [0.3, 0.4) is 0 Å². The van der Waals surface area contributed by atoms with Crippen LogP contribution in [0.25, 0.3) is 0 Å². The Morgan fingerprint density at radius 3 is 2.46 bits per heavy atom. The van der Waals surface area contributed by atoms with Crippen LogP contribution in [0.2, 0.25) is 0 Å². The molecule has 0 radical (unpaired) electrons. The molecule has 1 aromatic carbocycles. The average molecular weight is 717 g/mol. The third-order valence-electron chi connectivity index (χ3n) is 6.84. The molecule has 22 heteroatoms. The average Bonchev–Trinajstić information content (AvgIpc) is 2.99. The van der Waals surface area contributed by atoms with Crippen molar-refractivity contribution in [3.8, 4) is 11.6 Å². The van der Waals surface area contributed by atoms with E-state index in [4.69, 9.17) is 15.6 Å². The Balaban J connectivity index is 0.00000625. The second kappa shape index (κ2) is 15.8. The van der Waals surface area contributed by atoms with Gasteiger partial charge in [-0.2, -0.15) is 4.98 Å². The molecular weight excluding hydrogens is 687 g/mol. The maximum absolute atomic E-state index is 13.9. The number of esters is 1. The van der Waals surface area contributed by atoms with Gasteiger partial charge >= 0.3 is 41.6 Å². The van der Waals surface area contributed by atoms with E-state index in [1.54, 1.807) is 0 Å². The molecule has 3 atom stereocenters. The van der Waals surface area contributed by atoms with Gasteiger partial charge in [0.1, 0.15) is 35.5 Å². The van der Waals surface area contributed by atoms with E-state index >= 15 is 0 Å². The van der Waals surface area contributed by atoms with Gasteiger partial charge in [-0.25, -0.2) is 23.3 Å². The number of thioether (sulfide) groups is 1. The number of anilines is 2. The molecule has 0 saturated carbocycles. The van der Waals surface area contributed by atoms with E-state index in [1.165, 1.54) is 24.3 Å². The van der Waals surface area contributed by atoms with Gasteiger partial charge in [-0.1, -0.05) is 12.1 Å². The van der Waals surface area contributed by atoms with Crippen LogP contribution in [0.5, 0.6) is 11.6 Å². The minimum Gasteiger partial charge on any atom is -0.543 e. The van der Waals surface area contributed by atoms with Crippen molar-refractivity contribution in [2.45, 2.75) is 30.8 Å². The van der Waals surface area contributed by atoms with Gasteiger partial charge in [-0.3, -0.25) is 24.2 Å². The number of nitrogens with zero attached hydrogens (tertiary/aromatic N) is 4. The number of ether oxygens (including phenoxy) is 1. The summed E-state index contributed by atoms with van der Waals surface area (Å²) in [4.78, 5) is 72.4. The van der Waals surface area contributed by atoms with Crippen molar-refractivity contribution in [3.63, 3.8) is 0 Å². The molecule has 1 saturated heterocycles. The monoisotopic (exact) mass is 716 g/mol. The number of carbonyl (C=O) groups is 5. The summed E-state index contributed by atoms with van der Waals surface area (Å²) < 4.78 is 27.1. The Kier molecular flexibility index (Phi) is 12.6. The van der Waals surface area contributed by atoms with Gasteiger partial charge in [-0.05, 0) is 24.1 Å².